The van der Waals surface area contributed by atoms with Crippen LogP contribution in [0.5, 0.6) is 0 Å². The minimum absolute atomic E-state index is 0.0311. The molecule has 1 atom stereocenters. The second-order valence-corrected chi connectivity index (χ2v) is 10.2. The Balaban J connectivity index is 1.25. The number of hydrogen-bond donors (Lipinski definition) is 0. The van der Waals surface area contributed by atoms with Crippen LogP contribution in [-0.4, -0.2) is 37.0 Å². The summed E-state index contributed by atoms with van der Waals surface area (Å²) in [5.41, 5.74) is 0.0276. The number of carbonyl (C=O) groups is 1. The van der Waals surface area contributed by atoms with E-state index in [0.29, 0.717) is 56.7 Å². The molecular formula is C26H26F6N2O. The summed E-state index contributed by atoms with van der Waals surface area (Å²) in [7, 11) is 0. The molecule has 1 heterocycles. The zero-order valence-corrected chi connectivity index (χ0v) is 19.2. The molecule has 188 valence electrons. The second-order valence-electron chi connectivity index (χ2n) is 10.2. The van der Waals surface area contributed by atoms with Crippen LogP contribution in [0.2, 0.25) is 0 Å². The molecule has 0 aromatic heterocycles. The van der Waals surface area contributed by atoms with Crippen molar-refractivity contribution in [3.05, 3.63) is 64.7 Å². The van der Waals surface area contributed by atoms with Crippen LogP contribution >= 0.6 is 0 Å². The van der Waals surface area contributed by atoms with Crippen LogP contribution in [0, 0.1) is 18.3 Å². The summed E-state index contributed by atoms with van der Waals surface area (Å²) in [5, 5.41) is 0. The first-order valence-electron chi connectivity index (χ1n) is 11.8. The van der Waals surface area contributed by atoms with E-state index >= 15 is 0 Å². The molecule has 3 saturated carbocycles. The lowest BCUT2D eigenvalue weighted by molar-refractivity contribution is -0.146. The fourth-order valence-electron chi connectivity index (χ4n) is 6.19. The lowest BCUT2D eigenvalue weighted by Gasteiger charge is -2.44. The lowest BCUT2D eigenvalue weighted by atomic mass is 9.68. The second kappa shape index (κ2) is 8.17. The van der Waals surface area contributed by atoms with Crippen LogP contribution in [0.1, 0.15) is 47.4 Å². The van der Waals surface area contributed by atoms with E-state index in [2.05, 4.69) is 0 Å². The van der Waals surface area contributed by atoms with Crippen molar-refractivity contribution in [3.8, 4) is 0 Å². The van der Waals surface area contributed by atoms with Gasteiger partial charge in [-0.2, -0.15) is 26.3 Å². The van der Waals surface area contributed by atoms with Gasteiger partial charge in [-0.25, -0.2) is 0 Å². The summed E-state index contributed by atoms with van der Waals surface area (Å²) in [6.45, 7) is 3.46. The standard InChI is InChI=1S/C26H26F6N2O/c1-16-5-6-20(26(30,31)32)12-22(16)33-7-9-34(10-8-33)23(35)24-13-18(14-24)21(15-24)17-3-2-4-19(11-17)25(27,28)29/h2-6,11-12,18,21H,7-10,13-15H2,1H3. The molecule has 3 nitrogen and oxygen atoms in total. The van der Waals surface area contributed by atoms with Gasteiger partial charge < -0.3 is 9.80 Å². The smallest absolute Gasteiger partial charge is 0.368 e. The molecular weight excluding hydrogens is 470 g/mol. The number of carbonyl (C=O) groups excluding carboxylic acids is 1. The van der Waals surface area contributed by atoms with Crippen molar-refractivity contribution in [1.29, 1.82) is 0 Å². The van der Waals surface area contributed by atoms with E-state index in [1.807, 2.05) is 4.90 Å². The highest BCUT2D eigenvalue weighted by molar-refractivity contribution is 5.85. The van der Waals surface area contributed by atoms with E-state index in [4.69, 9.17) is 0 Å². The monoisotopic (exact) mass is 496 g/mol. The molecule has 1 unspecified atom stereocenters. The van der Waals surface area contributed by atoms with Crippen molar-refractivity contribution < 1.29 is 31.1 Å². The van der Waals surface area contributed by atoms with Crippen LogP contribution in [0.3, 0.4) is 0 Å². The van der Waals surface area contributed by atoms with Crippen LogP contribution in [0.4, 0.5) is 32.0 Å². The van der Waals surface area contributed by atoms with E-state index in [1.165, 1.54) is 24.3 Å². The van der Waals surface area contributed by atoms with Crippen LogP contribution in [-0.2, 0) is 17.1 Å². The van der Waals surface area contributed by atoms with Gasteiger partial charge >= 0.3 is 12.4 Å². The van der Waals surface area contributed by atoms with Gasteiger partial charge in [-0.1, -0.05) is 24.3 Å². The van der Waals surface area contributed by atoms with E-state index < -0.39 is 28.9 Å². The number of halogens is 6. The van der Waals surface area contributed by atoms with Gasteiger partial charge in [0.05, 0.1) is 16.5 Å². The van der Waals surface area contributed by atoms with Gasteiger partial charge in [0.1, 0.15) is 0 Å². The number of fused-ring (bicyclic) bond motifs is 1. The first-order chi connectivity index (χ1) is 16.4. The zero-order valence-electron chi connectivity index (χ0n) is 19.2. The Bertz CT molecular complexity index is 1130. The molecule has 35 heavy (non-hydrogen) atoms. The quantitative estimate of drug-likeness (QED) is 0.468. The first-order valence-corrected chi connectivity index (χ1v) is 11.8. The molecule has 3 aliphatic carbocycles. The molecule has 9 heteroatoms. The predicted molar refractivity (Wildman–Crippen MR) is 119 cm³/mol. The van der Waals surface area contributed by atoms with E-state index in [1.54, 1.807) is 17.9 Å². The van der Waals surface area contributed by atoms with E-state index in [9.17, 15) is 31.1 Å². The zero-order chi connectivity index (χ0) is 25.2. The normalized spacial score (nSPS) is 26.6. The number of benzene rings is 2. The summed E-state index contributed by atoms with van der Waals surface area (Å²) in [6, 6.07) is 9.13. The SMILES string of the molecule is Cc1ccc(C(F)(F)F)cc1N1CCN(C(=O)C23CC(C2)C(c2cccc(C(F)(F)F)c2)C3)CC1. The average Bonchev–Trinajstić information content (AvgIpc) is 3.35. The maximum absolute atomic E-state index is 13.4. The number of alkyl halides is 6. The van der Waals surface area contributed by atoms with Gasteiger partial charge in [0.2, 0.25) is 5.91 Å². The van der Waals surface area contributed by atoms with Gasteiger partial charge in [0.15, 0.2) is 0 Å². The Morgan fingerprint density at radius 2 is 1.49 bits per heavy atom. The van der Waals surface area contributed by atoms with Crippen LogP contribution in [0.25, 0.3) is 0 Å². The molecule has 0 radical (unpaired) electrons. The van der Waals surface area contributed by atoms with Crippen LogP contribution < -0.4 is 4.90 Å². The molecule has 4 aliphatic rings. The van der Waals surface area contributed by atoms with Gasteiger partial charge in [0.25, 0.3) is 0 Å². The molecule has 0 N–H and O–H groups in total. The fourth-order valence-corrected chi connectivity index (χ4v) is 6.19. The third-order valence-corrected chi connectivity index (χ3v) is 8.03. The Morgan fingerprint density at radius 1 is 0.857 bits per heavy atom. The summed E-state index contributed by atoms with van der Waals surface area (Å²) in [5.74, 6) is 0.176. The van der Waals surface area contributed by atoms with Crippen LogP contribution in [0.15, 0.2) is 42.5 Å². The van der Waals surface area contributed by atoms with Gasteiger partial charge in [-0.3, -0.25) is 4.79 Å². The topological polar surface area (TPSA) is 23.6 Å². The molecule has 0 spiro atoms. The summed E-state index contributed by atoms with van der Waals surface area (Å²) >= 11 is 0. The van der Waals surface area contributed by atoms with Gasteiger partial charge in [0, 0.05) is 31.9 Å². The molecule has 6 rings (SSSR count). The van der Waals surface area contributed by atoms with Crippen molar-refractivity contribution in [2.45, 2.75) is 44.5 Å². The molecule has 2 bridgehead atoms. The minimum atomic E-state index is -4.42. The Hall–Kier alpha value is -2.71. The highest BCUT2D eigenvalue weighted by Gasteiger charge is 2.61. The summed E-state index contributed by atoms with van der Waals surface area (Å²) < 4.78 is 78.9. The van der Waals surface area contributed by atoms with E-state index in [-0.39, 0.29) is 17.7 Å². The number of amides is 1. The third kappa shape index (κ3) is 4.27. The Morgan fingerprint density at radius 3 is 2.11 bits per heavy atom. The van der Waals surface area contributed by atoms with Crippen molar-refractivity contribution >= 4 is 11.6 Å². The Kier molecular flexibility index (Phi) is 5.60. The van der Waals surface area contributed by atoms with Crippen molar-refractivity contribution in [2.75, 3.05) is 31.1 Å². The molecule has 4 fully saturated rings. The Labute approximate surface area is 199 Å². The van der Waals surface area contributed by atoms with E-state index in [0.717, 1.165) is 17.7 Å². The third-order valence-electron chi connectivity index (χ3n) is 8.03. The number of hydrogen-bond acceptors (Lipinski definition) is 2. The van der Waals surface area contributed by atoms with Gasteiger partial charge in [-0.05, 0) is 67.3 Å². The average molecular weight is 496 g/mol. The number of rotatable bonds is 3. The first kappa shape index (κ1) is 24.0. The maximum Gasteiger partial charge on any atom is 0.416 e. The minimum Gasteiger partial charge on any atom is -0.368 e. The molecule has 2 aromatic carbocycles. The maximum atomic E-state index is 13.4. The largest absolute Gasteiger partial charge is 0.416 e. The number of aryl methyl sites for hydroxylation is 1. The fraction of sp³-hybridized carbons (Fsp3) is 0.500. The molecule has 2 aromatic rings. The van der Waals surface area contributed by atoms with Crippen molar-refractivity contribution in [2.24, 2.45) is 11.3 Å². The summed E-state index contributed by atoms with van der Waals surface area (Å²) in [4.78, 5) is 17.1. The summed E-state index contributed by atoms with van der Waals surface area (Å²) in [6.07, 6.45) is -6.91. The molecule has 1 amide bonds. The number of piperazine rings is 1. The van der Waals surface area contributed by atoms with Gasteiger partial charge in [-0.15, -0.1) is 0 Å². The molecule has 1 aliphatic heterocycles. The highest BCUT2D eigenvalue weighted by atomic mass is 19.4. The number of anilines is 1. The number of nitrogens with zero attached hydrogens (tertiary/aromatic N) is 2. The van der Waals surface area contributed by atoms with Crippen molar-refractivity contribution in [1.82, 2.24) is 4.90 Å². The molecule has 1 saturated heterocycles. The lowest BCUT2D eigenvalue weighted by Crippen LogP contribution is -2.54. The van der Waals surface area contributed by atoms with Crippen molar-refractivity contribution in [3.63, 3.8) is 0 Å². The highest BCUT2D eigenvalue weighted by Crippen LogP contribution is 2.65. The predicted octanol–water partition coefficient (Wildman–Crippen LogP) is 6.27.